The first-order chi connectivity index (χ1) is 29.0. The lowest BCUT2D eigenvalue weighted by Gasteiger charge is -2.33. The minimum Gasteiger partial charge on any atom is -0.309 e. The smallest absolute Gasteiger partial charge is 0.0549 e. The molecule has 3 aliphatic carbocycles. The van der Waals surface area contributed by atoms with Crippen molar-refractivity contribution in [3.05, 3.63) is 209 Å². The van der Waals surface area contributed by atoms with Crippen LogP contribution in [0.1, 0.15) is 74.9 Å². The molecule has 0 saturated carbocycles. The summed E-state index contributed by atoms with van der Waals surface area (Å²) < 4.78 is 0. The summed E-state index contributed by atoms with van der Waals surface area (Å²) in [4.78, 5) is 2.61. The molecule has 0 spiro atoms. The predicted molar refractivity (Wildman–Crippen MR) is 254 cm³/mol. The lowest BCUT2D eigenvalue weighted by molar-refractivity contribution is 0.660. The van der Waals surface area contributed by atoms with E-state index >= 15 is 0 Å². The zero-order valence-electron chi connectivity index (χ0n) is 35.2. The molecule has 1 heteroatoms. The predicted octanol–water partition coefficient (Wildman–Crippen LogP) is 16.0. The maximum absolute atomic E-state index is 2.61. The van der Waals surface area contributed by atoms with Crippen LogP contribution < -0.4 is 4.90 Å². The van der Waals surface area contributed by atoms with E-state index in [0.717, 1.165) is 5.69 Å². The van der Waals surface area contributed by atoms with Crippen LogP contribution in [0.2, 0.25) is 0 Å². The third-order valence-electron chi connectivity index (χ3n) is 14.6. The maximum atomic E-state index is 2.61. The van der Waals surface area contributed by atoms with Crippen LogP contribution in [0.3, 0.4) is 0 Å². The number of hydrogen-bond acceptors (Lipinski definition) is 1. The molecule has 0 radical (unpaired) electrons. The molecule has 12 rings (SSSR count). The van der Waals surface area contributed by atoms with E-state index in [-0.39, 0.29) is 16.2 Å². The summed E-state index contributed by atoms with van der Waals surface area (Å²) in [7, 11) is 0. The topological polar surface area (TPSA) is 3.24 Å². The number of hydrogen-bond donors (Lipinski definition) is 0. The number of fused-ring (bicyclic) bond motifs is 13. The quantitative estimate of drug-likeness (QED) is 0.172. The normalized spacial score (nSPS) is 15.6. The Labute approximate surface area is 353 Å². The molecule has 0 N–H and O–H groups in total. The van der Waals surface area contributed by atoms with Crippen LogP contribution in [-0.2, 0) is 16.2 Å². The van der Waals surface area contributed by atoms with Gasteiger partial charge in [-0.25, -0.2) is 0 Å². The first-order valence-electron chi connectivity index (χ1n) is 21.5. The van der Waals surface area contributed by atoms with E-state index in [1.54, 1.807) is 0 Å². The van der Waals surface area contributed by atoms with E-state index in [1.165, 1.54) is 111 Å². The third kappa shape index (κ3) is 4.64. The van der Waals surface area contributed by atoms with Crippen LogP contribution in [0, 0.1) is 0 Å². The highest BCUT2D eigenvalue weighted by Gasteiger charge is 2.43. The van der Waals surface area contributed by atoms with Crippen molar-refractivity contribution in [2.45, 2.75) is 57.8 Å². The van der Waals surface area contributed by atoms with Crippen LogP contribution >= 0.6 is 0 Å². The molecule has 0 aliphatic heterocycles. The Morgan fingerprint density at radius 3 is 1.28 bits per heavy atom. The molecule has 9 aromatic rings. The summed E-state index contributed by atoms with van der Waals surface area (Å²) >= 11 is 0. The van der Waals surface area contributed by atoms with Gasteiger partial charge < -0.3 is 4.90 Å². The van der Waals surface area contributed by atoms with Gasteiger partial charge in [0.15, 0.2) is 0 Å². The van der Waals surface area contributed by atoms with Gasteiger partial charge in [-0.1, -0.05) is 187 Å². The first kappa shape index (κ1) is 35.3. The van der Waals surface area contributed by atoms with Crippen LogP contribution in [0.5, 0.6) is 0 Å². The van der Waals surface area contributed by atoms with Crippen molar-refractivity contribution in [2.24, 2.45) is 0 Å². The summed E-state index contributed by atoms with van der Waals surface area (Å²) in [6, 6.07) is 66.6. The van der Waals surface area contributed by atoms with Crippen molar-refractivity contribution in [2.75, 3.05) is 4.90 Å². The molecular formula is C59H47N. The molecule has 0 heterocycles. The Hall–Kier alpha value is -6.70. The van der Waals surface area contributed by atoms with Crippen molar-refractivity contribution in [3.63, 3.8) is 0 Å². The van der Waals surface area contributed by atoms with Gasteiger partial charge in [0.2, 0.25) is 0 Å². The Bertz CT molecular complexity index is 3140. The zero-order valence-corrected chi connectivity index (χ0v) is 35.2. The molecule has 1 nitrogen and oxygen atoms in total. The minimum absolute atomic E-state index is 0.0558. The second-order valence-electron chi connectivity index (χ2n) is 18.9. The molecule has 288 valence electrons. The highest BCUT2D eigenvalue weighted by molar-refractivity contribution is 6.10. The van der Waals surface area contributed by atoms with Crippen LogP contribution in [0.15, 0.2) is 176 Å². The number of benzene rings is 9. The van der Waals surface area contributed by atoms with E-state index < -0.39 is 0 Å². The lowest BCUT2D eigenvalue weighted by Crippen LogP contribution is -2.18. The van der Waals surface area contributed by atoms with Gasteiger partial charge in [0, 0.05) is 33.1 Å². The summed E-state index contributed by atoms with van der Waals surface area (Å²) in [5.41, 5.74) is 22.0. The SMILES string of the molecule is CC1(C)c2ccccc2-c2ccc(-c3ccc(N(c4cc5ccccc5c5c4-c4ccccc4C5(C)C)c4cc5ccccc5c5c4-c4ccccc4C5(C)C)cc3)cc21. The van der Waals surface area contributed by atoms with E-state index in [9.17, 15) is 0 Å². The zero-order chi connectivity index (χ0) is 40.7. The fraction of sp³-hybridized carbons (Fsp3) is 0.153. The van der Waals surface area contributed by atoms with Crippen molar-refractivity contribution in [1.82, 2.24) is 0 Å². The molecule has 60 heavy (non-hydrogen) atoms. The second-order valence-corrected chi connectivity index (χ2v) is 18.9. The molecule has 0 atom stereocenters. The summed E-state index contributed by atoms with van der Waals surface area (Å²) in [5.74, 6) is 0. The van der Waals surface area contributed by atoms with Crippen molar-refractivity contribution in [1.29, 1.82) is 0 Å². The molecular weight excluding hydrogens is 723 g/mol. The molecule has 0 amide bonds. The third-order valence-corrected chi connectivity index (χ3v) is 14.6. The molecule has 3 aliphatic rings. The van der Waals surface area contributed by atoms with Crippen molar-refractivity contribution < 1.29 is 0 Å². The second kappa shape index (κ2) is 12.2. The van der Waals surface area contributed by atoms with Gasteiger partial charge in [-0.15, -0.1) is 0 Å². The largest absolute Gasteiger partial charge is 0.309 e. The minimum atomic E-state index is -0.183. The number of rotatable bonds is 4. The molecule has 0 fully saturated rings. The molecule has 0 aromatic heterocycles. The van der Waals surface area contributed by atoms with E-state index in [4.69, 9.17) is 0 Å². The Kier molecular flexibility index (Phi) is 7.16. The van der Waals surface area contributed by atoms with Gasteiger partial charge in [0.05, 0.1) is 11.4 Å². The van der Waals surface area contributed by atoms with Crippen LogP contribution in [0.25, 0.3) is 66.1 Å². The van der Waals surface area contributed by atoms with E-state index in [1.807, 2.05) is 0 Å². The monoisotopic (exact) mass is 769 g/mol. The Balaban J connectivity index is 1.14. The van der Waals surface area contributed by atoms with Gasteiger partial charge >= 0.3 is 0 Å². The number of anilines is 3. The highest BCUT2D eigenvalue weighted by Crippen LogP contribution is 2.61. The molecule has 0 bridgehead atoms. The van der Waals surface area contributed by atoms with E-state index in [2.05, 4.69) is 222 Å². The van der Waals surface area contributed by atoms with Crippen LogP contribution in [-0.4, -0.2) is 0 Å². The van der Waals surface area contributed by atoms with Crippen molar-refractivity contribution >= 4 is 38.6 Å². The fourth-order valence-corrected chi connectivity index (χ4v) is 11.7. The Morgan fingerprint density at radius 2 is 0.750 bits per heavy atom. The van der Waals surface area contributed by atoms with Crippen LogP contribution in [0.4, 0.5) is 17.1 Å². The first-order valence-corrected chi connectivity index (χ1v) is 21.5. The van der Waals surface area contributed by atoms with Gasteiger partial charge in [-0.3, -0.25) is 0 Å². The number of nitrogens with zero attached hydrogens (tertiary/aromatic N) is 1. The van der Waals surface area contributed by atoms with Gasteiger partial charge in [-0.05, 0) is 119 Å². The highest BCUT2D eigenvalue weighted by atomic mass is 15.1. The van der Waals surface area contributed by atoms with Gasteiger partial charge in [0.25, 0.3) is 0 Å². The average Bonchev–Trinajstić information content (AvgIpc) is 3.77. The molecule has 0 saturated heterocycles. The van der Waals surface area contributed by atoms with Crippen molar-refractivity contribution in [3.8, 4) is 44.5 Å². The summed E-state index contributed by atoms with van der Waals surface area (Å²) in [6.07, 6.45) is 0. The molecule has 9 aromatic carbocycles. The Morgan fingerprint density at radius 1 is 0.333 bits per heavy atom. The van der Waals surface area contributed by atoms with E-state index in [0.29, 0.717) is 0 Å². The van der Waals surface area contributed by atoms with Gasteiger partial charge in [0.1, 0.15) is 0 Å². The fourth-order valence-electron chi connectivity index (χ4n) is 11.7. The molecule has 0 unspecified atom stereocenters. The standard InChI is InChI=1S/C59H47N/c1-57(2)47-24-14-11-21-43(47)44-32-29-37(33-50(44)57)36-27-30-40(31-28-36)60(51-34-38-17-7-9-19-41(38)55-53(51)45-22-12-15-25-48(45)58(55,3)4)52-35-39-18-8-10-20-42(39)56-54(52)46-23-13-16-26-49(46)59(56,5)6/h7-35H,1-6H3. The maximum Gasteiger partial charge on any atom is 0.0549 e. The average molecular weight is 770 g/mol. The van der Waals surface area contributed by atoms with Gasteiger partial charge in [-0.2, -0.15) is 0 Å². The summed E-state index contributed by atoms with van der Waals surface area (Å²) in [6.45, 7) is 14.4. The summed E-state index contributed by atoms with van der Waals surface area (Å²) in [5, 5.41) is 5.16. The lowest BCUT2D eigenvalue weighted by atomic mass is 9.79.